The van der Waals surface area contributed by atoms with E-state index in [1.54, 1.807) is 0 Å². The van der Waals surface area contributed by atoms with E-state index in [9.17, 15) is 0 Å². The Balaban J connectivity index is 3.03. The van der Waals surface area contributed by atoms with Crippen molar-refractivity contribution in [2.45, 2.75) is 65.2 Å². The van der Waals surface area contributed by atoms with Crippen LogP contribution >= 0.6 is 12.2 Å². The Labute approximate surface area is 82.7 Å². The van der Waals surface area contributed by atoms with E-state index in [0.717, 1.165) is 6.42 Å². The van der Waals surface area contributed by atoms with E-state index in [1.807, 2.05) is 0 Å². The molecule has 0 aliphatic carbocycles. The predicted molar refractivity (Wildman–Crippen MR) is 60.9 cm³/mol. The molecule has 0 saturated carbocycles. The van der Waals surface area contributed by atoms with Gasteiger partial charge in [0.2, 0.25) is 0 Å². The summed E-state index contributed by atoms with van der Waals surface area (Å²) >= 11 is 5.23. The topological polar surface area (TPSA) is 0 Å². The van der Waals surface area contributed by atoms with Gasteiger partial charge in [0.15, 0.2) is 0 Å². The van der Waals surface area contributed by atoms with Crippen molar-refractivity contribution >= 4 is 17.1 Å². The first-order chi connectivity index (χ1) is 5.81. The van der Waals surface area contributed by atoms with Crippen LogP contribution in [-0.4, -0.2) is 4.86 Å². The molecule has 0 N–H and O–H groups in total. The highest BCUT2D eigenvalue weighted by Gasteiger charge is 1.95. The molecule has 0 saturated heterocycles. The van der Waals surface area contributed by atoms with Crippen LogP contribution in [0.5, 0.6) is 0 Å². The van der Waals surface area contributed by atoms with Crippen LogP contribution in [0.1, 0.15) is 65.2 Å². The maximum Gasteiger partial charge on any atom is -0.00716 e. The summed E-state index contributed by atoms with van der Waals surface area (Å²) in [5.74, 6) is 0. The summed E-state index contributed by atoms with van der Waals surface area (Å²) in [5.41, 5.74) is 0. The fourth-order valence-corrected chi connectivity index (χ4v) is 1.68. The summed E-state index contributed by atoms with van der Waals surface area (Å²) in [6.07, 6.45) is 10.4. The molecule has 0 rings (SSSR count). The zero-order valence-electron chi connectivity index (χ0n) is 8.57. The van der Waals surface area contributed by atoms with Crippen LogP contribution < -0.4 is 0 Å². The van der Waals surface area contributed by atoms with Gasteiger partial charge in [0, 0.05) is 0 Å². The lowest BCUT2D eigenvalue weighted by molar-refractivity contribution is 0.642. The van der Waals surface area contributed by atoms with Gasteiger partial charge in [-0.15, -0.1) is 0 Å². The quantitative estimate of drug-likeness (QED) is 0.397. The zero-order valence-corrected chi connectivity index (χ0v) is 9.38. The van der Waals surface area contributed by atoms with Crippen LogP contribution in [0.3, 0.4) is 0 Å². The molecule has 0 heterocycles. The van der Waals surface area contributed by atoms with Crippen molar-refractivity contribution in [3.63, 3.8) is 0 Å². The van der Waals surface area contributed by atoms with Crippen molar-refractivity contribution < 1.29 is 0 Å². The van der Waals surface area contributed by atoms with Crippen LogP contribution in [0.2, 0.25) is 0 Å². The van der Waals surface area contributed by atoms with Gasteiger partial charge in [-0.25, -0.2) is 0 Å². The average molecular weight is 186 g/mol. The average Bonchev–Trinajstić information content (AvgIpc) is 2.05. The van der Waals surface area contributed by atoms with Crippen molar-refractivity contribution in [2.75, 3.05) is 0 Å². The van der Waals surface area contributed by atoms with Gasteiger partial charge in [-0.2, -0.15) is 0 Å². The van der Waals surface area contributed by atoms with Gasteiger partial charge in [0.25, 0.3) is 0 Å². The molecule has 0 aromatic heterocycles. The first-order valence-electron chi connectivity index (χ1n) is 5.33. The molecule has 0 amide bonds. The van der Waals surface area contributed by atoms with Crippen LogP contribution in [0, 0.1) is 0 Å². The molecule has 0 fully saturated rings. The summed E-state index contributed by atoms with van der Waals surface area (Å²) in [6, 6.07) is 0. The van der Waals surface area contributed by atoms with E-state index in [2.05, 4.69) is 13.8 Å². The molecule has 0 spiro atoms. The van der Waals surface area contributed by atoms with Crippen molar-refractivity contribution in [3.8, 4) is 0 Å². The van der Waals surface area contributed by atoms with Gasteiger partial charge in [0.1, 0.15) is 0 Å². The summed E-state index contributed by atoms with van der Waals surface area (Å²) in [6.45, 7) is 4.45. The third-order valence-electron chi connectivity index (χ3n) is 2.09. The number of hydrogen-bond acceptors (Lipinski definition) is 1. The Morgan fingerprint density at radius 2 is 1.50 bits per heavy atom. The Morgan fingerprint density at radius 3 is 2.08 bits per heavy atom. The smallest absolute Gasteiger partial charge is 0.00716 e. The van der Waals surface area contributed by atoms with Gasteiger partial charge >= 0.3 is 0 Å². The number of hydrogen-bond donors (Lipinski definition) is 0. The molecular formula is C11H22S. The lowest BCUT2D eigenvalue weighted by Crippen LogP contribution is -1.93. The molecule has 12 heavy (non-hydrogen) atoms. The minimum absolute atomic E-state index is 1.16. The van der Waals surface area contributed by atoms with Crippen molar-refractivity contribution in [1.82, 2.24) is 0 Å². The normalized spacial score (nSPS) is 10.2. The second kappa shape index (κ2) is 9.18. The molecule has 0 nitrogen and oxygen atoms in total. The third kappa shape index (κ3) is 8.19. The Bertz CT molecular complexity index is 108. The second-order valence-electron chi connectivity index (χ2n) is 3.45. The summed E-state index contributed by atoms with van der Waals surface area (Å²) in [7, 11) is 0. The fourth-order valence-electron chi connectivity index (χ4n) is 1.33. The Hall–Kier alpha value is 0.0900. The molecule has 0 aliphatic rings. The molecule has 0 aromatic rings. The molecular weight excluding hydrogens is 164 g/mol. The highest BCUT2D eigenvalue weighted by atomic mass is 32.1. The van der Waals surface area contributed by atoms with Crippen molar-refractivity contribution in [2.24, 2.45) is 0 Å². The summed E-state index contributed by atoms with van der Waals surface area (Å²) in [4.78, 5) is 1.29. The highest BCUT2D eigenvalue weighted by Crippen LogP contribution is 2.08. The lowest BCUT2D eigenvalue weighted by Gasteiger charge is -2.01. The summed E-state index contributed by atoms with van der Waals surface area (Å²) < 4.78 is 0. The molecule has 0 atom stereocenters. The monoisotopic (exact) mass is 186 g/mol. The number of rotatable bonds is 8. The molecule has 0 aromatic carbocycles. The van der Waals surface area contributed by atoms with Crippen LogP contribution in [0.15, 0.2) is 0 Å². The second-order valence-corrected chi connectivity index (χ2v) is 4.03. The first-order valence-corrected chi connectivity index (χ1v) is 5.73. The van der Waals surface area contributed by atoms with E-state index < -0.39 is 0 Å². The standard InChI is InChI=1S/C11H22S/c1-3-5-6-7-8-10-11(12)9-4-2/h3-10H2,1-2H3. The van der Waals surface area contributed by atoms with Crippen molar-refractivity contribution in [1.29, 1.82) is 0 Å². The van der Waals surface area contributed by atoms with Crippen molar-refractivity contribution in [3.05, 3.63) is 0 Å². The molecule has 72 valence electrons. The lowest BCUT2D eigenvalue weighted by atomic mass is 10.1. The van der Waals surface area contributed by atoms with Gasteiger partial charge < -0.3 is 0 Å². The van der Waals surface area contributed by atoms with E-state index in [4.69, 9.17) is 12.2 Å². The molecule has 0 bridgehead atoms. The Kier molecular flexibility index (Phi) is 9.25. The van der Waals surface area contributed by atoms with Gasteiger partial charge in [0.05, 0.1) is 0 Å². The predicted octanol–water partition coefficient (Wildman–Crippen LogP) is 4.52. The maximum absolute atomic E-state index is 5.23. The SMILES string of the molecule is CCCCCCCC(=S)CCC. The van der Waals surface area contributed by atoms with Gasteiger partial charge in [-0.3, -0.25) is 0 Å². The van der Waals surface area contributed by atoms with Crippen LogP contribution in [0.25, 0.3) is 0 Å². The van der Waals surface area contributed by atoms with Gasteiger partial charge in [-0.1, -0.05) is 58.2 Å². The zero-order chi connectivity index (χ0) is 9.23. The third-order valence-corrected chi connectivity index (χ3v) is 2.50. The number of thiocarbonyl (C=S) groups is 1. The molecule has 1 heteroatoms. The maximum atomic E-state index is 5.23. The van der Waals surface area contributed by atoms with E-state index in [0.29, 0.717) is 0 Å². The highest BCUT2D eigenvalue weighted by molar-refractivity contribution is 7.80. The molecule has 0 radical (unpaired) electrons. The van der Waals surface area contributed by atoms with Crippen LogP contribution in [-0.2, 0) is 0 Å². The minimum Gasteiger partial charge on any atom is -0.0897 e. The fraction of sp³-hybridized carbons (Fsp3) is 0.909. The Morgan fingerprint density at radius 1 is 0.833 bits per heavy atom. The van der Waals surface area contributed by atoms with E-state index in [1.165, 1.54) is 49.8 Å². The van der Waals surface area contributed by atoms with Gasteiger partial charge in [-0.05, 0) is 24.1 Å². The minimum atomic E-state index is 1.16. The summed E-state index contributed by atoms with van der Waals surface area (Å²) in [5, 5.41) is 0. The first kappa shape index (κ1) is 12.1. The van der Waals surface area contributed by atoms with E-state index in [-0.39, 0.29) is 0 Å². The largest absolute Gasteiger partial charge is 0.0897 e. The molecule has 0 aliphatic heterocycles. The van der Waals surface area contributed by atoms with Crippen LogP contribution in [0.4, 0.5) is 0 Å². The molecule has 0 unspecified atom stereocenters. The number of unbranched alkanes of at least 4 members (excludes halogenated alkanes) is 4. The van der Waals surface area contributed by atoms with E-state index >= 15 is 0 Å².